The predicted molar refractivity (Wildman–Crippen MR) is 68.9 cm³/mol. The molecule has 0 bridgehead atoms. The molecular weight excluding hydrogens is 228 g/mol. The van der Waals surface area contributed by atoms with Gasteiger partial charge >= 0.3 is 0 Å². The Kier molecular flexibility index (Phi) is 4.31. The molecule has 0 saturated carbocycles. The van der Waals surface area contributed by atoms with E-state index in [1.807, 2.05) is 23.1 Å². The van der Waals surface area contributed by atoms with Crippen LogP contribution in [0.2, 0.25) is 0 Å². The summed E-state index contributed by atoms with van der Waals surface area (Å²) in [6.07, 6.45) is 3.87. The molecule has 2 rings (SSSR count). The summed E-state index contributed by atoms with van der Waals surface area (Å²) in [4.78, 5) is 18.2. The van der Waals surface area contributed by atoms with E-state index >= 15 is 0 Å². The molecule has 1 aromatic rings. The lowest BCUT2D eigenvalue weighted by Crippen LogP contribution is -2.39. The number of pyridine rings is 1. The lowest BCUT2D eigenvalue weighted by molar-refractivity contribution is -0.133. The molecule has 0 aliphatic carbocycles. The van der Waals surface area contributed by atoms with E-state index in [-0.39, 0.29) is 18.6 Å². The van der Waals surface area contributed by atoms with Crippen LogP contribution in [0, 0.1) is 5.92 Å². The van der Waals surface area contributed by atoms with Crippen LogP contribution < -0.4 is 0 Å². The minimum absolute atomic E-state index is 0.00114. The van der Waals surface area contributed by atoms with Gasteiger partial charge in [-0.3, -0.25) is 9.78 Å². The minimum Gasteiger partial charge on any atom is -0.394 e. The molecule has 1 aromatic heterocycles. The lowest BCUT2D eigenvalue weighted by atomic mass is 10.0. The average Bonchev–Trinajstić information content (AvgIpc) is 2.78. The van der Waals surface area contributed by atoms with Gasteiger partial charge in [-0.2, -0.15) is 0 Å². The Morgan fingerprint density at radius 1 is 1.56 bits per heavy atom. The van der Waals surface area contributed by atoms with E-state index in [0.29, 0.717) is 18.8 Å². The van der Waals surface area contributed by atoms with Crippen LogP contribution in [0.3, 0.4) is 0 Å². The number of likely N-dealkylation sites (tertiary alicyclic amines) is 1. The fourth-order valence-corrected chi connectivity index (χ4v) is 2.52. The summed E-state index contributed by atoms with van der Waals surface area (Å²) < 4.78 is 0. The maximum atomic E-state index is 12.1. The molecule has 2 heterocycles. The molecular formula is C14H20N2O2. The number of amides is 1. The topological polar surface area (TPSA) is 53.4 Å². The highest BCUT2D eigenvalue weighted by molar-refractivity contribution is 5.77. The second kappa shape index (κ2) is 5.96. The summed E-state index contributed by atoms with van der Waals surface area (Å²) in [6, 6.07) is 5.74. The second-order valence-corrected chi connectivity index (χ2v) is 4.92. The van der Waals surface area contributed by atoms with Crippen molar-refractivity contribution in [1.29, 1.82) is 0 Å². The number of nitrogens with zero attached hydrogens (tertiary/aromatic N) is 2. The molecule has 2 atom stereocenters. The van der Waals surface area contributed by atoms with Crippen molar-refractivity contribution in [3.8, 4) is 0 Å². The Bertz CT molecular complexity index is 394. The molecule has 98 valence electrons. The number of aryl methyl sites for hydroxylation is 1. The first-order valence-corrected chi connectivity index (χ1v) is 6.52. The van der Waals surface area contributed by atoms with Crippen LogP contribution in [-0.4, -0.2) is 40.1 Å². The molecule has 1 aliphatic rings. The third kappa shape index (κ3) is 2.88. The number of hydrogen-bond acceptors (Lipinski definition) is 3. The summed E-state index contributed by atoms with van der Waals surface area (Å²) in [5.74, 6) is 0.526. The van der Waals surface area contributed by atoms with Crippen LogP contribution in [0.5, 0.6) is 0 Å². The molecule has 4 nitrogen and oxygen atoms in total. The van der Waals surface area contributed by atoms with Crippen molar-refractivity contribution >= 4 is 5.91 Å². The molecule has 2 unspecified atom stereocenters. The molecule has 18 heavy (non-hydrogen) atoms. The number of aromatic nitrogens is 1. The van der Waals surface area contributed by atoms with Crippen molar-refractivity contribution in [2.45, 2.75) is 32.2 Å². The number of carbonyl (C=O) groups is 1. The van der Waals surface area contributed by atoms with Crippen molar-refractivity contribution in [1.82, 2.24) is 9.88 Å². The molecule has 1 aliphatic heterocycles. The number of hydrogen-bond donors (Lipinski definition) is 1. The zero-order valence-electron chi connectivity index (χ0n) is 10.7. The van der Waals surface area contributed by atoms with Gasteiger partial charge in [0.05, 0.1) is 12.6 Å². The van der Waals surface area contributed by atoms with Gasteiger partial charge in [-0.1, -0.05) is 13.0 Å². The van der Waals surface area contributed by atoms with Crippen LogP contribution >= 0.6 is 0 Å². The standard InChI is InChI=1S/C14H20N2O2/c1-11-7-9-16(13(11)10-17)14(18)6-5-12-4-2-3-8-15-12/h2-4,8,11,13,17H,5-7,9-10H2,1H3. The van der Waals surface area contributed by atoms with Gasteiger partial charge < -0.3 is 10.0 Å². The largest absolute Gasteiger partial charge is 0.394 e. The monoisotopic (exact) mass is 248 g/mol. The Hall–Kier alpha value is -1.42. The van der Waals surface area contributed by atoms with E-state index in [4.69, 9.17) is 0 Å². The number of rotatable bonds is 4. The van der Waals surface area contributed by atoms with E-state index in [9.17, 15) is 9.90 Å². The van der Waals surface area contributed by atoms with Crippen molar-refractivity contribution in [3.05, 3.63) is 30.1 Å². The van der Waals surface area contributed by atoms with E-state index in [2.05, 4.69) is 11.9 Å². The highest BCUT2D eigenvalue weighted by Crippen LogP contribution is 2.24. The Morgan fingerprint density at radius 2 is 2.39 bits per heavy atom. The van der Waals surface area contributed by atoms with Crippen LogP contribution in [0.25, 0.3) is 0 Å². The summed E-state index contributed by atoms with van der Waals surface area (Å²) in [7, 11) is 0. The van der Waals surface area contributed by atoms with E-state index in [1.165, 1.54) is 0 Å². The first-order valence-electron chi connectivity index (χ1n) is 6.52. The normalized spacial score (nSPS) is 23.3. The van der Waals surface area contributed by atoms with Gasteiger partial charge in [-0.15, -0.1) is 0 Å². The van der Waals surface area contributed by atoms with Gasteiger partial charge in [-0.05, 0) is 30.9 Å². The van der Waals surface area contributed by atoms with Crippen molar-refractivity contribution in [2.75, 3.05) is 13.2 Å². The molecule has 0 radical (unpaired) electrons. The Morgan fingerprint density at radius 3 is 3.06 bits per heavy atom. The molecule has 1 N–H and O–H groups in total. The smallest absolute Gasteiger partial charge is 0.223 e. The van der Waals surface area contributed by atoms with Gasteiger partial charge in [0.25, 0.3) is 0 Å². The van der Waals surface area contributed by atoms with Crippen LogP contribution in [0.1, 0.15) is 25.5 Å². The Balaban J connectivity index is 1.88. The van der Waals surface area contributed by atoms with Gasteiger partial charge in [0, 0.05) is 24.9 Å². The Labute approximate surface area is 108 Å². The zero-order chi connectivity index (χ0) is 13.0. The van der Waals surface area contributed by atoms with Crippen molar-refractivity contribution < 1.29 is 9.90 Å². The van der Waals surface area contributed by atoms with Crippen LogP contribution in [-0.2, 0) is 11.2 Å². The molecule has 4 heteroatoms. The summed E-state index contributed by atoms with van der Waals surface area (Å²) in [6.45, 7) is 2.93. The fraction of sp³-hybridized carbons (Fsp3) is 0.571. The van der Waals surface area contributed by atoms with Gasteiger partial charge in [-0.25, -0.2) is 0 Å². The lowest BCUT2D eigenvalue weighted by Gasteiger charge is -2.25. The van der Waals surface area contributed by atoms with E-state index in [1.54, 1.807) is 6.20 Å². The molecule has 1 amide bonds. The maximum absolute atomic E-state index is 12.1. The fourth-order valence-electron chi connectivity index (χ4n) is 2.52. The van der Waals surface area contributed by atoms with E-state index < -0.39 is 0 Å². The van der Waals surface area contributed by atoms with Gasteiger partial charge in [0.2, 0.25) is 5.91 Å². The average molecular weight is 248 g/mol. The molecule has 1 saturated heterocycles. The number of aliphatic hydroxyl groups excluding tert-OH is 1. The molecule has 0 aromatic carbocycles. The first kappa shape index (κ1) is 13.0. The number of carbonyl (C=O) groups excluding carboxylic acids is 1. The van der Waals surface area contributed by atoms with Crippen molar-refractivity contribution in [3.63, 3.8) is 0 Å². The third-order valence-corrected chi connectivity index (χ3v) is 3.71. The molecule has 0 spiro atoms. The van der Waals surface area contributed by atoms with E-state index in [0.717, 1.165) is 18.7 Å². The van der Waals surface area contributed by atoms with Crippen LogP contribution in [0.15, 0.2) is 24.4 Å². The quantitative estimate of drug-likeness (QED) is 0.872. The SMILES string of the molecule is CC1CCN(C(=O)CCc2ccccn2)C1CO. The highest BCUT2D eigenvalue weighted by Gasteiger charge is 2.33. The van der Waals surface area contributed by atoms with Gasteiger partial charge in [0.15, 0.2) is 0 Å². The zero-order valence-corrected chi connectivity index (χ0v) is 10.7. The summed E-state index contributed by atoms with van der Waals surface area (Å²) >= 11 is 0. The maximum Gasteiger partial charge on any atom is 0.223 e. The molecule has 1 fully saturated rings. The third-order valence-electron chi connectivity index (χ3n) is 3.71. The second-order valence-electron chi connectivity index (χ2n) is 4.92. The van der Waals surface area contributed by atoms with Gasteiger partial charge in [0.1, 0.15) is 0 Å². The summed E-state index contributed by atoms with van der Waals surface area (Å²) in [5.41, 5.74) is 0.943. The highest BCUT2D eigenvalue weighted by atomic mass is 16.3. The predicted octanol–water partition coefficient (Wildman–Crippen LogP) is 1.24. The van der Waals surface area contributed by atoms with Crippen molar-refractivity contribution in [2.24, 2.45) is 5.92 Å². The summed E-state index contributed by atoms with van der Waals surface area (Å²) in [5, 5.41) is 9.33. The first-order chi connectivity index (χ1) is 8.72. The minimum atomic E-state index is 0.00114. The van der Waals surface area contributed by atoms with Crippen LogP contribution in [0.4, 0.5) is 0 Å². The number of aliphatic hydroxyl groups is 1.